The van der Waals surface area contributed by atoms with Crippen LogP contribution in [0.1, 0.15) is 28.8 Å². The summed E-state index contributed by atoms with van der Waals surface area (Å²) in [6.45, 7) is 3.06. The first-order valence-electron chi connectivity index (χ1n) is 9.47. The van der Waals surface area contributed by atoms with Gasteiger partial charge in [-0.15, -0.1) is 0 Å². The fourth-order valence-electron chi connectivity index (χ4n) is 3.27. The maximum Gasteiger partial charge on any atom is 0.256 e. The number of ether oxygens (including phenoxy) is 1. The largest absolute Gasteiger partial charge is 0.508 e. The molecule has 0 radical (unpaired) electrons. The molecule has 1 saturated heterocycles. The molecule has 2 aromatic carbocycles. The lowest BCUT2D eigenvalue weighted by molar-refractivity contribution is 0.0854. The van der Waals surface area contributed by atoms with E-state index in [-0.39, 0.29) is 23.3 Å². The van der Waals surface area contributed by atoms with E-state index >= 15 is 0 Å². The van der Waals surface area contributed by atoms with Crippen LogP contribution in [0.3, 0.4) is 0 Å². The average Bonchev–Trinajstić information content (AvgIpc) is 3.22. The van der Waals surface area contributed by atoms with Crippen molar-refractivity contribution >= 4 is 34.2 Å². The standard InChI is InChI=1S/C22H21ClN2O4/c1-13-4-6-15(23)10-19(13)25-22-18(21(27)24-12-17-3-2-8-28-17)9-14-5-7-16(26)11-20(14)29-22/h4-7,9-11,17,26H,2-3,8,12H2,1H3,(H,24,27)/t17-/m1/s1. The van der Waals surface area contributed by atoms with Gasteiger partial charge in [-0.05, 0) is 55.7 Å². The molecule has 29 heavy (non-hydrogen) atoms. The first kappa shape index (κ1) is 19.5. The molecule has 0 aliphatic carbocycles. The van der Waals surface area contributed by atoms with Crippen LogP contribution in [0.25, 0.3) is 11.0 Å². The Hall–Kier alpha value is -2.83. The summed E-state index contributed by atoms with van der Waals surface area (Å²) in [6, 6.07) is 11.8. The Morgan fingerprint density at radius 2 is 2.14 bits per heavy atom. The number of aryl methyl sites for hydroxylation is 1. The van der Waals surface area contributed by atoms with Crippen molar-refractivity contribution in [3.05, 3.63) is 64.2 Å². The molecular weight excluding hydrogens is 392 g/mol. The number of amides is 1. The van der Waals surface area contributed by atoms with Gasteiger partial charge in [0.2, 0.25) is 5.55 Å². The van der Waals surface area contributed by atoms with Gasteiger partial charge in [-0.1, -0.05) is 17.7 Å². The first-order valence-corrected chi connectivity index (χ1v) is 9.85. The number of phenolic OH excluding ortho intramolecular Hbond substituents is 1. The number of nitrogens with one attached hydrogen (secondary N) is 1. The molecule has 0 spiro atoms. The van der Waals surface area contributed by atoms with Crippen molar-refractivity contribution in [3.63, 3.8) is 0 Å². The molecule has 2 heterocycles. The molecule has 1 amide bonds. The number of halogens is 1. The Kier molecular flexibility index (Phi) is 5.56. The molecule has 0 unspecified atom stereocenters. The van der Waals surface area contributed by atoms with E-state index in [9.17, 15) is 9.90 Å². The number of carbonyl (C=O) groups is 1. The van der Waals surface area contributed by atoms with Gasteiger partial charge in [0, 0.05) is 29.6 Å². The number of benzene rings is 2. The highest BCUT2D eigenvalue weighted by molar-refractivity contribution is 6.30. The molecular formula is C22H21ClN2O4. The van der Waals surface area contributed by atoms with E-state index < -0.39 is 0 Å². The molecule has 1 aliphatic heterocycles. The van der Waals surface area contributed by atoms with Crippen LogP contribution >= 0.6 is 11.6 Å². The van der Waals surface area contributed by atoms with Crippen LogP contribution < -0.4 is 10.9 Å². The minimum absolute atomic E-state index is 0.0313. The zero-order valence-corrected chi connectivity index (χ0v) is 16.7. The highest BCUT2D eigenvalue weighted by Gasteiger charge is 2.19. The molecule has 1 atom stereocenters. The van der Waals surface area contributed by atoms with Gasteiger partial charge in [-0.25, -0.2) is 4.99 Å². The quantitative estimate of drug-likeness (QED) is 0.671. The molecule has 0 saturated carbocycles. The molecule has 0 bridgehead atoms. The monoisotopic (exact) mass is 412 g/mol. The van der Waals surface area contributed by atoms with Gasteiger partial charge in [0.1, 0.15) is 16.9 Å². The number of aromatic hydroxyl groups is 1. The first-order chi connectivity index (χ1) is 14.0. The van der Waals surface area contributed by atoms with Crippen LogP contribution in [0, 0.1) is 6.92 Å². The second-order valence-electron chi connectivity index (χ2n) is 7.08. The Morgan fingerprint density at radius 3 is 2.93 bits per heavy atom. The van der Waals surface area contributed by atoms with Crippen LogP contribution in [0.4, 0.5) is 5.69 Å². The second kappa shape index (κ2) is 8.27. The Labute approximate surface area is 172 Å². The summed E-state index contributed by atoms with van der Waals surface area (Å²) in [5.74, 6) is -0.223. The van der Waals surface area contributed by atoms with Crippen molar-refractivity contribution in [3.8, 4) is 5.75 Å². The van der Waals surface area contributed by atoms with Crippen LogP contribution in [-0.2, 0) is 4.74 Å². The van der Waals surface area contributed by atoms with Crippen molar-refractivity contribution in [1.29, 1.82) is 0 Å². The third kappa shape index (κ3) is 4.44. The molecule has 4 rings (SSSR count). The predicted octanol–water partition coefficient (Wildman–Crippen LogP) is 4.24. The lowest BCUT2D eigenvalue weighted by atomic mass is 10.1. The van der Waals surface area contributed by atoms with E-state index in [4.69, 9.17) is 20.8 Å². The van der Waals surface area contributed by atoms with Gasteiger partial charge in [-0.3, -0.25) is 4.79 Å². The number of fused-ring (bicyclic) bond motifs is 1. The Balaban J connectivity index is 1.79. The van der Waals surface area contributed by atoms with E-state index in [0.717, 1.165) is 25.0 Å². The van der Waals surface area contributed by atoms with E-state index in [2.05, 4.69) is 10.3 Å². The van der Waals surface area contributed by atoms with Crippen molar-refractivity contribution in [2.75, 3.05) is 13.2 Å². The number of nitrogens with zero attached hydrogens (tertiary/aromatic N) is 1. The predicted molar refractivity (Wildman–Crippen MR) is 111 cm³/mol. The summed E-state index contributed by atoms with van der Waals surface area (Å²) in [7, 11) is 0. The number of hydrogen-bond acceptors (Lipinski definition) is 5. The summed E-state index contributed by atoms with van der Waals surface area (Å²) >= 11 is 6.11. The molecule has 6 nitrogen and oxygen atoms in total. The molecule has 1 fully saturated rings. The lowest BCUT2D eigenvalue weighted by Crippen LogP contribution is -2.34. The number of phenols is 1. The summed E-state index contributed by atoms with van der Waals surface area (Å²) in [6.07, 6.45) is 1.97. The minimum Gasteiger partial charge on any atom is -0.508 e. The normalized spacial score (nSPS) is 17.0. The van der Waals surface area contributed by atoms with E-state index in [1.54, 1.807) is 30.3 Å². The highest BCUT2D eigenvalue weighted by Crippen LogP contribution is 2.24. The van der Waals surface area contributed by atoms with Gasteiger partial charge in [0.15, 0.2) is 0 Å². The Morgan fingerprint density at radius 1 is 1.28 bits per heavy atom. The molecule has 2 N–H and O–H groups in total. The van der Waals surface area contributed by atoms with Crippen LogP contribution in [0.5, 0.6) is 5.75 Å². The summed E-state index contributed by atoms with van der Waals surface area (Å²) in [5.41, 5.74) is 2.39. The molecule has 3 aromatic rings. The molecule has 1 aromatic heterocycles. The van der Waals surface area contributed by atoms with Gasteiger partial charge in [0.05, 0.1) is 11.8 Å². The van der Waals surface area contributed by atoms with E-state index in [0.29, 0.717) is 33.8 Å². The zero-order valence-electron chi connectivity index (χ0n) is 15.9. The fraction of sp³-hybridized carbons (Fsp3) is 0.273. The number of hydrogen-bond donors (Lipinski definition) is 2. The van der Waals surface area contributed by atoms with Crippen molar-refractivity contribution in [2.45, 2.75) is 25.9 Å². The van der Waals surface area contributed by atoms with E-state index in [1.807, 2.05) is 13.0 Å². The second-order valence-corrected chi connectivity index (χ2v) is 7.51. The zero-order chi connectivity index (χ0) is 20.4. The summed E-state index contributed by atoms with van der Waals surface area (Å²) in [4.78, 5) is 17.5. The third-order valence-corrected chi connectivity index (χ3v) is 5.12. The fourth-order valence-corrected chi connectivity index (χ4v) is 3.44. The van der Waals surface area contributed by atoms with Gasteiger partial charge < -0.3 is 19.6 Å². The molecule has 7 heteroatoms. The SMILES string of the molecule is Cc1ccc(Cl)cc1N=c1oc2cc(O)ccc2cc1C(=O)NC[C@H]1CCCO1. The maximum absolute atomic E-state index is 12.9. The van der Waals surface area contributed by atoms with Crippen molar-refractivity contribution in [1.82, 2.24) is 5.32 Å². The van der Waals surface area contributed by atoms with Crippen LogP contribution in [0.15, 0.2) is 51.9 Å². The van der Waals surface area contributed by atoms with Gasteiger partial charge in [-0.2, -0.15) is 0 Å². The van der Waals surface area contributed by atoms with Crippen LogP contribution in [-0.4, -0.2) is 30.3 Å². The highest BCUT2D eigenvalue weighted by atomic mass is 35.5. The lowest BCUT2D eigenvalue weighted by Gasteiger charge is -2.11. The van der Waals surface area contributed by atoms with E-state index in [1.165, 1.54) is 6.07 Å². The van der Waals surface area contributed by atoms with Crippen molar-refractivity contribution in [2.24, 2.45) is 4.99 Å². The molecule has 150 valence electrons. The van der Waals surface area contributed by atoms with Gasteiger partial charge >= 0.3 is 0 Å². The smallest absolute Gasteiger partial charge is 0.256 e. The topological polar surface area (TPSA) is 84.1 Å². The van der Waals surface area contributed by atoms with Gasteiger partial charge in [0.25, 0.3) is 5.91 Å². The van der Waals surface area contributed by atoms with Crippen LogP contribution in [0.2, 0.25) is 5.02 Å². The third-order valence-electron chi connectivity index (χ3n) is 4.89. The minimum atomic E-state index is -0.294. The average molecular weight is 413 g/mol. The summed E-state index contributed by atoms with van der Waals surface area (Å²) < 4.78 is 11.5. The Bertz CT molecular complexity index is 1130. The number of rotatable bonds is 4. The summed E-state index contributed by atoms with van der Waals surface area (Å²) in [5, 5.41) is 13.9. The molecule has 1 aliphatic rings. The van der Waals surface area contributed by atoms with Crippen molar-refractivity contribution < 1.29 is 19.1 Å². The maximum atomic E-state index is 12.9. The number of carbonyl (C=O) groups excluding carboxylic acids is 1.